The quantitative estimate of drug-likeness (QED) is 0.512. The summed E-state index contributed by atoms with van der Waals surface area (Å²) in [5.74, 6) is 0.136. The van der Waals surface area contributed by atoms with E-state index < -0.39 is 0 Å². The Labute approximate surface area is 193 Å². The maximum Gasteiger partial charge on any atom is 0.263 e. The van der Waals surface area contributed by atoms with E-state index in [-0.39, 0.29) is 23.8 Å². The number of likely N-dealkylation sites (tertiary alicyclic amines) is 1. The third kappa shape index (κ3) is 5.22. The van der Waals surface area contributed by atoms with Crippen LogP contribution in [0.2, 0.25) is 0 Å². The Morgan fingerprint density at radius 2 is 1.91 bits per heavy atom. The first-order chi connectivity index (χ1) is 15.5. The van der Waals surface area contributed by atoms with E-state index in [0.29, 0.717) is 39.1 Å². The number of carbonyl (C=O) groups is 2. The van der Waals surface area contributed by atoms with Crippen LogP contribution in [-0.2, 0) is 9.53 Å². The van der Waals surface area contributed by atoms with Gasteiger partial charge in [0.2, 0.25) is 5.91 Å². The standard InChI is InChI=1S/C25H31N3O3S/c1-18(2)31-17-5-13-26-24(29)20-10-14-27(15-11-20)25(30)22-8-9-23(32-22)28-16-12-19-6-3-4-7-21(19)28/h3-4,6-9,12,16,18,20H,5,10-11,13-15,17H2,1-2H3,(H,26,29). The van der Waals surface area contributed by atoms with Crippen molar-refractivity contribution >= 4 is 34.1 Å². The van der Waals surface area contributed by atoms with Crippen LogP contribution in [0.5, 0.6) is 0 Å². The molecule has 3 heterocycles. The average molecular weight is 454 g/mol. The van der Waals surface area contributed by atoms with Gasteiger partial charge in [0.05, 0.1) is 16.5 Å². The van der Waals surface area contributed by atoms with Gasteiger partial charge >= 0.3 is 0 Å². The zero-order valence-electron chi connectivity index (χ0n) is 18.8. The van der Waals surface area contributed by atoms with Crippen molar-refractivity contribution in [3.8, 4) is 5.00 Å². The van der Waals surface area contributed by atoms with Crippen LogP contribution in [0.25, 0.3) is 15.9 Å². The highest BCUT2D eigenvalue weighted by Crippen LogP contribution is 2.28. The number of thiophene rings is 1. The van der Waals surface area contributed by atoms with Gasteiger partial charge in [0, 0.05) is 38.4 Å². The highest BCUT2D eigenvalue weighted by molar-refractivity contribution is 7.16. The molecule has 0 spiro atoms. The number of ether oxygens (including phenoxy) is 1. The largest absolute Gasteiger partial charge is 0.379 e. The minimum atomic E-state index is -0.0183. The number of benzene rings is 1. The van der Waals surface area contributed by atoms with E-state index in [9.17, 15) is 9.59 Å². The summed E-state index contributed by atoms with van der Waals surface area (Å²) in [5.41, 5.74) is 1.14. The Morgan fingerprint density at radius 3 is 2.69 bits per heavy atom. The number of aromatic nitrogens is 1. The van der Waals surface area contributed by atoms with Gasteiger partial charge in [-0.25, -0.2) is 0 Å². The predicted molar refractivity (Wildman–Crippen MR) is 128 cm³/mol. The number of piperidine rings is 1. The number of para-hydroxylation sites is 1. The lowest BCUT2D eigenvalue weighted by Gasteiger charge is -2.31. The van der Waals surface area contributed by atoms with Crippen LogP contribution in [0.4, 0.5) is 0 Å². The highest BCUT2D eigenvalue weighted by Gasteiger charge is 2.28. The fraction of sp³-hybridized carbons (Fsp3) is 0.440. The molecule has 3 aromatic rings. The van der Waals surface area contributed by atoms with Crippen molar-refractivity contribution < 1.29 is 14.3 Å². The second-order valence-electron chi connectivity index (χ2n) is 8.51. The van der Waals surface area contributed by atoms with Crippen molar-refractivity contribution in [3.05, 3.63) is 53.5 Å². The van der Waals surface area contributed by atoms with Gasteiger partial charge in [0.25, 0.3) is 5.91 Å². The minimum absolute atomic E-state index is 0.0183. The molecule has 0 aliphatic carbocycles. The number of amides is 2. The lowest BCUT2D eigenvalue weighted by molar-refractivity contribution is -0.126. The molecule has 1 saturated heterocycles. The molecule has 0 unspecified atom stereocenters. The molecule has 6 nitrogen and oxygen atoms in total. The number of carbonyl (C=O) groups excluding carboxylic acids is 2. The molecule has 2 aromatic heterocycles. The van der Waals surface area contributed by atoms with E-state index in [2.05, 4.69) is 28.1 Å². The van der Waals surface area contributed by atoms with Crippen molar-refractivity contribution in [2.24, 2.45) is 5.92 Å². The summed E-state index contributed by atoms with van der Waals surface area (Å²) < 4.78 is 7.63. The number of fused-ring (bicyclic) bond motifs is 1. The Bertz CT molecular complexity index is 1060. The van der Waals surface area contributed by atoms with E-state index in [1.807, 2.05) is 49.2 Å². The molecule has 1 aromatic carbocycles. The number of hydrogen-bond acceptors (Lipinski definition) is 4. The molecular weight excluding hydrogens is 422 g/mol. The SMILES string of the molecule is CC(C)OCCCNC(=O)C1CCN(C(=O)c2ccc(-n3ccc4ccccc43)s2)CC1. The first kappa shape index (κ1) is 22.6. The number of hydrogen-bond donors (Lipinski definition) is 1. The molecule has 1 N–H and O–H groups in total. The molecular formula is C25H31N3O3S. The topological polar surface area (TPSA) is 63.6 Å². The first-order valence-electron chi connectivity index (χ1n) is 11.4. The monoisotopic (exact) mass is 453 g/mol. The van der Waals surface area contributed by atoms with Gasteiger partial charge in [-0.3, -0.25) is 9.59 Å². The molecule has 2 amide bonds. The van der Waals surface area contributed by atoms with E-state index >= 15 is 0 Å². The second kappa shape index (κ2) is 10.3. The van der Waals surface area contributed by atoms with Gasteiger partial charge in [-0.15, -0.1) is 11.3 Å². The summed E-state index contributed by atoms with van der Waals surface area (Å²) in [6.07, 6.45) is 4.50. The maximum atomic E-state index is 13.0. The van der Waals surface area contributed by atoms with E-state index in [1.54, 1.807) is 0 Å². The fourth-order valence-electron chi connectivity index (χ4n) is 4.09. The minimum Gasteiger partial charge on any atom is -0.379 e. The smallest absolute Gasteiger partial charge is 0.263 e. The van der Waals surface area contributed by atoms with E-state index in [4.69, 9.17) is 4.74 Å². The lowest BCUT2D eigenvalue weighted by Crippen LogP contribution is -2.43. The van der Waals surface area contributed by atoms with Crippen LogP contribution < -0.4 is 5.32 Å². The summed E-state index contributed by atoms with van der Waals surface area (Å²) in [7, 11) is 0. The van der Waals surface area contributed by atoms with Crippen LogP contribution in [-0.4, -0.2) is 53.6 Å². The van der Waals surface area contributed by atoms with Crippen molar-refractivity contribution in [1.29, 1.82) is 0 Å². The summed E-state index contributed by atoms with van der Waals surface area (Å²) in [6, 6.07) is 14.2. The normalized spacial score (nSPS) is 14.9. The molecule has 4 rings (SSSR count). The average Bonchev–Trinajstić information content (AvgIpc) is 3.45. The van der Waals surface area contributed by atoms with Crippen LogP contribution >= 0.6 is 11.3 Å². The molecule has 0 radical (unpaired) electrons. The first-order valence-corrected chi connectivity index (χ1v) is 12.2. The van der Waals surface area contributed by atoms with Crippen molar-refractivity contribution in [2.45, 2.75) is 39.2 Å². The highest BCUT2D eigenvalue weighted by atomic mass is 32.1. The summed E-state index contributed by atoms with van der Waals surface area (Å²) in [4.78, 5) is 28.1. The molecule has 1 aliphatic heterocycles. The third-order valence-corrected chi connectivity index (χ3v) is 6.94. The number of nitrogens with zero attached hydrogens (tertiary/aromatic N) is 2. The Kier molecular flexibility index (Phi) is 7.27. The van der Waals surface area contributed by atoms with Crippen LogP contribution in [0.3, 0.4) is 0 Å². The van der Waals surface area contributed by atoms with E-state index in [0.717, 1.165) is 21.8 Å². The molecule has 0 saturated carbocycles. The van der Waals surface area contributed by atoms with Gasteiger partial charge in [0.15, 0.2) is 0 Å². The molecule has 0 atom stereocenters. The lowest BCUT2D eigenvalue weighted by atomic mass is 9.95. The molecule has 32 heavy (non-hydrogen) atoms. The number of nitrogens with one attached hydrogen (secondary N) is 1. The van der Waals surface area contributed by atoms with Crippen LogP contribution in [0, 0.1) is 5.92 Å². The van der Waals surface area contributed by atoms with Crippen molar-refractivity contribution in [3.63, 3.8) is 0 Å². The molecule has 1 aliphatic rings. The molecule has 170 valence electrons. The fourth-order valence-corrected chi connectivity index (χ4v) is 5.07. The molecule has 7 heteroatoms. The zero-order chi connectivity index (χ0) is 22.5. The second-order valence-corrected chi connectivity index (χ2v) is 9.58. The van der Waals surface area contributed by atoms with Gasteiger partial charge in [-0.2, -0.15) is 0 Å². The summed E-state index contributed by atoms with van der Waals surface area (Å²) in [5, 5.41) is 5.23. The third-order valence-electron chi connectivity index (χ3n) is 5.86. The van der Waals surface area contributed by atoms with Gasteiger partial charge in [-0.1, -0.05) is 18.2 Å². The number of rotatable bonds is 8. The van der Waals surface area contributed by atoms with Gasteiger partial charge in [-0.05, 0) is 62.8 Å². The summed E-state index contributed by atoms with van der Waals surface area (Å²) >= 11 is 1.51. The molecule has 1 fully saturated rings. The van der Waals surface area contributed by atoms with Gasteiger partial charge in [0.1, 0.15) is 5.00 Å². The van der Waals surface area contributed by atoms with Crippen molar-refractivity contribution in [2.75, 3.05) is 26.2 Å². The molecule has 0 bridgehead atoms. The zero-order valence-corrected chi connectivity index (χ0v) is 19.6. The Hall–Kier alpha value is -2.64. The Morgan fingerprint density at radius 1 is 1.12 bits per heavy atom. The van der Waals surface area contributed by atoms with Crippen molar-refractivity contribution in [1.82, 2.24) is 14.8 Å². The maximum absolute atomic E-state index is 13.0. The van der Waals surface area contributed by atoms with Crippen LogP contribution in [0.15, 0.2) is 48.7 Å². The van der Waals surface area contributed by atoms with E-state index in [1.165, 1.54) is 16.7 Å². The van der Waals surface area contributed by atoms with Crippen LogP contribution in [0.1, 0.15) is 42.8 Å². The Balaban J connectivity index is 1.28. The summed E-state index contributed by atoms with van der Waals surface area (Å²) in [6.45, 7) is 6.55. The predicted octanol–water partition coefficient (Wildman–Crippen LogP) is 4.48. The van der Waals surface area contributed by atoms with Gasteiger partial charge < -0.3 is 19.5 Å².